The number of nitrogens with one attached hydrogen (secondary N) is 1. The minimum atomic E-state index is 0.616. The van der Waals surface area contributed by atoms with Gasteiger partial charge in [-0.2, -0.15) is 0 Å². The van der Waals surface area contributed by atoms with Crippen molar-refractivity contribution in [1.82, 2.24) is 10.2 Å². The number of nitrogens with two attached hydrogens (primary N) is 1. The smallest absolute Gasteiger partial charge is 0.0192 e. The molecule has 16 heavy (non-hydrogen) atoms. The van der Waals surface area contributed by atoms with E-state index in [2.05, 4.69) is 31.0 Å². The number of rotatable bonds is 7. The zero-order valence-corrected chi connectivity index (χ0v) is 11.2. The summed E-state index contributed by atoms with van der Waals surface area (Å²) in [5.74, 6) is 1.30. The summed E-state index contributed by atoms with van der Waals surface area (Å²) < 4.78 is 0. The number of hydrogen-bond donors (Lipinski definition) is 2. The lowest BCUT2D eigenvalue weighted by Crippen LogP contribution is -2.41. The lowest BCUT2D eigenvalue weighted by molar-refractivity contribution is 0.245. The molecule has 3 N–H and O–H groups in total. The van der Waals surface area contributed by atoms with Crippen LogP contribution in [0.5, 0.6) is 0 Å². The molecule has 96 valence electrons. The van der Waals surface area contributed by atoms with Crippen LogP contribution in [-0.2, 0) is 0 Å². The Labute approximate surface area is 101 Å². The molecule has 0 amide bonds. The Morgan fingerprint density at radius 1 is 1.12 bits per heavy atom. The average Bonchev–Trinajstić information content (AvgIpc) is 2.76. The summed E-state index contributed by atoms with van der Waals surface area (Å²) >= 11 is 0. The number of hydrogen-bond acceptors (Lipinski definition) is 3. The summed E-state index contributed by atoms with van der Waals surface area (Å²) in [6.07, 6.45) is 2.75. The highest BCUT2D eigenvalue weighted by Crippen LogP contribution is 2.11. The molecular weight excluding hydrogens is 198 g/mol. The first-order valence-corrected chi connectivity index (χ1v) is 6.80. The molecule has 0 bridgehead atoms. The highest BCUT2D eigenvalue weighted by atomic mass is 15.2. The normalized spacial score (nSPS) is 21.6. The zero-order valence-electron chi connectivity index (χ0n) is 11.2. The maximum atomic E-state index is 5.76. The highest BCUT2D eigenvalue weighted by molar-refractivity contribution is 4.75. The van der Waals surface area contributed by atoms with E-state index >= 15 is 0 Å². The zero-order chi connectivity index (χ0) is 12.0. The van der Waals surface area contributed by atoms with Crippen molar-refractivity contribution < 1.29 is 0 Å². The minimum Gasteiger partial charge on any atom is -0.330 e. The van der Waals surface area contributed by atoms with Gasteiger partial charge in [-0.15, -0.1) is 0 Å². The Morgan fingerprint density at radius 3 is 2.25 bits per heavy atom. The number of nitrogens with zero attached hydrogens (tertiary/aromatic N) is 1. The van der Waals surface area contributed by atoms with Crippen LogP contribution in [0, 0.1) is 11.8 Å². The second-order valence-electron chi connectivity index (χ2n) is 5.49. The van der Waals surface area contributed by atoms with Crippen molar-refractivity contribution in [2.24, 2.45) is 17.6 Å². The van der Waals surface area contributed by atoms with Crippen molar-refractivity contribution in [3.05, 3.63) is 0 Å². The fourth-order valence-electron chi connectivity index (χ4n) is 2.38. The van der Waals surface area contributed by atoms with Gasteiger partial charge in [-0.1, -0.05) is 13.8 Å². The molecule has 0 aliphatic carbocycles. The van der Waals surface area contributed by atoms with Crippen LogP contribution in [0.1, 0.15) is 33.6 Å². The van der Waals surface area contributed by atoms with Crippen LogP contribution in [-0.4, -0.2) is 43.7 Å². The molecule has 0 saturated carbocycles. The molecule has 2 unspecified atom stereocenters. The molecule has 1 fully saturated rings. The molecule has 1 aliphatic heterocycles. The Kier molecular flexibility index (Phi) is 6.32. The molecular formula is C13H29N3. The molecule has 1 aliphatic rings. The van der Waals surface area contributed by atoms with Crippen molar-refractivity contribution in [1.29, 1.82) is 0 Å². The van der Waals surface area contributed by atoms with Gasteiger partial charge in [0, 0.05) is 12.6 Å². The van der Waals surface area contributed by atoms with E-state index in [1.807, 2.05) is 0 Å². The summed E-state index contributed by atoms with van der Waals surface area (Å²) in [6, 6.07) is 0.674. The third-order valence-electron chi connectivity index (χ3n) is 3.86. The largest absolute Gasteiger partial charge is 0.330 e. The van der Waals surface area contributed by atoms with Crippen molar-refractivity contribution in [3.8, 4) is 0 Å². The van der Waals surface area contributed by atoms with Crippen LogP contribution in [0.15, 0.2) is 0 Å². The van der Waals surface area contributed by atoms with Gasteiger partial charge in [0.25, 0.3) is 0 Å². The Bertz CT molecular complexity index is 176. The van der Waals surface area contributed by atoms with E-state index in [-0.39, 0.29) is 0 Å². The third kappa shape index (κ3) is 4.40. The quantitative estimate of drug-likeness (QED) is 0.689. The molecule has 1 heterocycles. The van der Waals surface area contributed by atoms with Crippen LogP contribution >= 0.6 is 0 Å². The molecule has 0 aromatic carbocycles. The van der Waals surface area contributed by atoms with Crippen LogP contribution in [0.3, 0.4) is 0 Å². The standard InChI is InChI=1S/C13H29N3/c1-11(2)13(8-14)10-15-9-12(3)16-6-4-5-7-16/h11-13,15H,4-10,14H2,1-3H3. The topological polar surface area (TPSA) is 41.3 Å². The van der Waals surface area contributed by atoms with Crippen LogP contribution in [0.2, 0.25) is 0 Å². The summed E-state index contributed by atoms with van der Waals surface area (Å²) in [7, 11) is 0. The van der Waals surface area contributed by atoms with Gasteiger partial charge in [-0.05, 0) is 57.8 Å². The Balaban J connectivity index is 2.13. The third-order valence-corrected chi connectivity index (χ3v) is 3.86. The maximum Gasteiger partial charge on any atom is 0.0192 e. The first kappa shape index (κ1) is 13.9. The van der Waals surface area contributed by atoms with Gasteiger partial charge in [0.1, 0.15) is 0 Å². The van der Waals surface area contributed by atoms with Gasteiger partial charge in [-0.3, -0.25) is 4.90 Å². The molecule has 3 nitrogen and oxygen atoms in total. The average molecular weight is 227 g/mol. The molecule has 0 spiro atoms. The number of likely N-dealkylation sites (tertiary alicyclic amines) is 1. The SMILES string of the molecule is CC(C)C(CN)CNCC(C)N1CCCC1. The van der Waals surface area contributed by atoms with Crippen molar-refractivity contribution >= 4 is 0 Å². The van der Waals surface area contributed by atoms with Crippen LogP contribution in [0.4, 0.5) is 0 Å². The van der Waals surface area contributed by atoms with E-state index in [4.69, 9.17) is 5.73 Å². The summed E-state index contributed by atoms with van der Waals surface area (Å²) in [6.45, 7) is 12.4. The first-order valence-electron chi connectivity index (χ1n) is 6.80. The lowest BCUT2D eigenvalue weighted by Gasteiger charge is -2.26. The predicted molar refractivity (Wildman–Crippen MR) is 70.5 cm³/mol. The van der Waals surface area contributed by atoms with E-state index in [0.29, 0.717) is 17.9 Å². The van der Waals surface area contributed by atoms with Crippen molar-refractivity contribution in [2.45, 2.75) is 39.7 Å². The fraction of sp³-hybridized carbons (Fsp3) is 1.00. The van der Waals surface area contributed by atoms with E-state index < -0.39 is 0 Å². The van der Waals surface area contributed by atoms with Gasteiger partial charge < -0.3 is 11.1 Å². The lowest BCUT2D eigenvalue weighted by atomic mass is 9.96. The predicted octanol–water partition coefficient (Wildman–Crippen LogP) is 1.29. The molecule has 0 aromatic heterocycles. The summed E-state index contributed by atoms with van der Waals surface area (Å²) in [5.41, 5.74) is 5.76. The summed E-state index contributed by atoms with van der Waals surface area (Å²) in [4.78, 5) is 2.58. The monoisotopic (exact) mass is 227 g/mol. The fourth-order valence-corrected chi connectivity index (χ4v) is 2.38. The molecule has 0 radical (unpaired) electrons. The van der Waals surface area contributed by atoms with E-state index in [0.717, 1.165) is 19.6 Å². The molecule has 2 atom stereocenters. The first-order chi connectivity index (χ1) is 7.65. The van der Waals surface area contributed by atoms with E-state index in [1.54, 1.807) is 0 Å². The highest BCUT2D eigenvalue weighted by Gasteiger charge is 2.18. The van der Waals surface area contributed by atoms with Crippen molar-refractivity contribution in [2.75, 3.05) is 32.7 Å². The van der Waals surface area contributed by atoms with Crippen molar-refractivity contribution in [3.63, 3.8) is 0 Å². The summed E-state index contributed by atoms with van der Waals surface area (Å²) in [5, 5.41) is 3.57. The van der Waals surface area contributed by atoms with Gasteiger partial charge in [0.15, 0.2) is 0 Å². The maximum absolute atomic E-state index is 5.76. The molecule has 1 saturated heterocycles. The molecule has 3 heteroatoms. The van der Waals surface area contributed by atoms with Crippen LogP contribution in [0.25, 0.3) is 0 Å². The van der Waals surface area contributed by atoms with Gasteiger partial charge >= 0.3 is 0 Å². The molecule has 0 aromatic rings. The van der Waals surface area contributed by atoms with Crippen LogP contribution < -0.4 is 11.1 Å². The minimum absolute atomic E-state index is 0.616. The van der Waals surface area contributed by atoms with Gasteiger partial charge in [0.2, 0.25) is 0 Å². The van der Waals surface area contributed by atoms with E-state index in [1.165, 1.54) is 25.9 Å². The Hall–Kier alpha value is -0.120. The Morgan fingerprint density at radius 2 is 1.75 bits per heavy atom. The second kappa shape index (κ2) is 7.25. The van der Waals surface area contributed by atoms with E-state index in [9.17, 15) is 0 Å². The van der Waals surface area contributed by atoms with Gasteiger partial charge in [-0.25, -0.2) is 0 Å². The second-order valence-corrected chi connectivity index (χ2v) is 5.49. The van der Waals surface area contributed by atoms with Gasteiger partial charge in [0.05, 0.1) is 0 Å². The molecule has 1 rings (SSSR count).